The summed E-state index contributed by atoms with van der Waals surface area (Å²) in [7, 11) is -3.62. The van der Waals surface area contributed by atoms with Crippen molar-refractivity contribution in [2.75, 3.05) is 13.1 Å². The molecule has 1 fully saturated rings. The first-order valence-electron chi connectivity index (χ1n) is 8.41. The van der Waals surface area contributed by atoms with E-state index in [0.29, 0.717) is 36.1 Å². The minimum Gasteiger partial charge on any atom is -0.467 e. The molecule has 2 heterocycles. The topological polar surface area (TPSA) is 59.5 Å². The minimum atomic E-state index is -3.62. The second kappa shape index (κ2) is 7.35. The predicted octanol–water partition coefficient (Wildman–Crippen LogP) is 4.32. The number of para-hydroxylation sites is 1. The van der Waals surface area contributed by atoms with E-state index in [1.807, 2.05) is 12.1 Å². The van der Waals surface area contributed by atoms with Crippen LogP contribution in [-0.2, 0) is 10.0 Å². The van der Waals surface area contributed by atoms with Crippen molar-refractivity contribution in [1.82, 2.24) is 9.29 Å². The highest BCUT2D eigenvalue weighted by Crippen LogP contribution is 2.33. The van der Waals surface area contributed by atoms with Crippen LogP contribution in [0.2, 0.25) is 5.02 Å². The highest BCUT2D eigenvalue weighted by atomic mass is 35.5. The predicted molar refractivity (Wildman–Crippen MR) is 103 cm³/mol. The summed E-state index contributed by atoms with van der Waals surface area (Å²) in [4.78, 5) is 4.53. The quantitative estimate of drug-likeness (QED) is 0.623. The van der Waals surface area contributed by atoms with E-state index in [4.69, 9.17) is 16.3 Å². The van der Waals surface area contributed by atoms with Crippen molar-refractivity contribution in [2.45, 2.75) is 23.8 Å². The zero-order valence-corrected chi connectivity index (χ0v) is 16.5. The molecule has 1 aliphatic heterocycles. The molecule has 0 atom stereocenters. The molecule has 27 heavy (non-hydrogen) atoms. The van der Waals surface area contributed by atoms with Crippen LogP contribution in [0, 0.1) is 5.82 Å². The molecule has 2 aromatic carbocycles. The lowest BCUT2D eigenvalue weighted by Gasteiger charge is -2.30. The van der Waals surface area contributed by atoms with Crippen LogP contribution in [0.1, 0.15) is 12.8 Å². The second-order valence-corrected chi connectivity index (χ2v) is 9.58. The number of hydrogen-bond donors (Lipinski definition) is 0. The Bertz CT molecular complexity index is 1060. The number of ether oxygens (including phenoxy) is 1. The van der Waals surface area contributed by atoms with Crippen LogP contribution in [0.25, 0.3) is 10.2 Å². The highest BCUT2D eigenvalue weighted by Gasteiger charge is 2.30. The molecule has 0 aliphatic carbocycles. The molecule has 0 radical (unpaired) electrons. The molecule has 3 aromatic rings. The normalized spacial score (nSPS) is 16.7. The molecule has 0 unspecified atom stereocenters. The van der Waals surface area contributed by atoms with E-state index in [1.165, 1.54) is 27.8 Å². The van der Waals surface area contributed by atoms with Crippen molar-refractivity contribution in [3.05, 3.63) is 53.3 Å². The van der Waals surface area contributed by atoms with Crippen molar-refractivity contribution in [2.24, 2.45) is 0 Å². The standard InChI is InChI=1S/C18H16ClFN2O3S2/c19-15-2-1-3-16-17(15)21-18(26-16)25-13-8-10-22(11-9-13)27(23,24)14-6-4-12(20)5-7-14/h1-7,13H,8-11H2. The number of halogens is 2. The average molecular weight is 427 g/mol. The first kappa shape index (κ1) is 18.6. The molecule has 5 nitrogen and oxygen atoms in total. The van der Waals surface area contributed by atoms with E-state index < -0.39 is 15.8 Å². The molecule has 0 spiro atoms. The smallest absolute Gasteiger partial charge is 0.274 e. The first-order valence-corrected chi connectivity index (χ1v) is 11.0. The van der Waals surface area contributed by atoms with Gasteiger partial charge in [0.05, 0.1) is 14.6 Å². The third kappa shape index (κ3) is 3.80. The first-order chi connectivity index (χ1) is 12.9. The number of thiazole rings is 1. The van der Waals surface area contributed by atoms with Gasteiger partial charge in [-0.1, -0.05) is 29.0 Å². The van der Waals surface area contributed by atoms with E-state index in [2.05, 4.69) is 4.98 Å². The number of fused-ring (bicyclic) bond motifs is 1. The van der Waals surface area contributed by atoms with Crippen LogP contribution in [0.5, 0.6) is 5.19 Å². The summed E-state index contributed by atoms with van der Waals surface area (Å²) in [5.41, 5.74) is 0.718. The maximum absolute atomic E-state index is 13.0. The summed E-state index contributed by atoms with van der Waals surface area (Å²) in [5.74, 6) is -0.461. The van der Waals surface area contributed by atoms with Gasteiger partial charge >= 0.3 is 0 Å². The number of sulfonamides is 1. The van der Waals surface area contributed by atoms with Crippen LogP contribution < -0.4 is 4.74 Å². The number of rotatable bonds is 4. The minimum absolute atomic E-state index is 0.101. The lowest BCUT2D eigenvalue weighted by Crippen LogP contribution is -2.41. The molecular weight excluding hydrogens is 411 g/mol. The molecule has 4 rings (SSSR count). The van der Waals surface area contributed by atoms with Gasteiger partial charge in [-0.3, -0.25) is 0 Å². The molecule has 1 aliphatic rings. The number of aromatic nitrogens is 1. The zero-order valence-electron chi connectivity index (χ0n) is 14.1. The third-order valence-corrected chi connectivity index (χ3v) is 7.60. The molecule has 1 aromatic heterocycles. The largest absolute Gasteiger partial charge is 0.467 e. The maximum Gasteiger partial charge on any atom is 0.274 e. The fourth-order valence-electron chi connectivity index (χ4n) is 3.03. The van der Waals surface area contributed by atoms with Crippen LogP contribution in [0.15, 0.2) is 47.4 Å². The van der Waals surface area contributed by atoms with Gasteiger partial charge in [0.1, 0.15) is 17.4 Å². The van der Waals surface area contributed by atoms with E-state index in [1.54, 1.807) is 6.07 Å². The highest BCUT2D eigenvalue weighted by molar-refractivity contribution is 7.89. The van der Waals surface area contributed by atoms with Crippen LogP contribution >= 0.6 is 22.9 Å². The van der Waals surface area contributed by atoms with Crippen molar-refractivity contribution in [3.8, 4) is 5.19 Å². The summed E-state index contributed by atoms with van der Waals surface area (Å²) >= 11 is 7.57. The van der Waals surface area contributed by atoms with Crippen LogP contribution in [0.3, 0.4) is 0 Å². The average Bonchev–Trinajstić information content (AvgIpc) is 3.06. The molecule has 0 N–H and O–H groups in total. The van der Waals surface area contributed by atoms with Gasteiger partial charge in [0, 0.05) is 13.1 Å². The molecule has 0 bridgehead atoms. The van der Waals surface area contributed by atoms with Gasteiger partial charge in [-0.05, 0) is 49.2 Å². The van der Waals surface area contributed by atoms with E-state index in [0.717, 1.165) is 22.3 Å². The molecule has 142 valence electrons. The lowest BCUT2D eigenvalue weighted by atomic mass is 10.1. The fraction of sp³-hybridized carbons (Fsp3) is 0.278. The molecular formula is C18H16ClFN2O3S2. The van der Waals surface area contributed by atoms with Gasteiger partial charge < -0.3 is 4.74 Å². The van der Waals surface area contributed by atoms with Crippen molar-refractivity contribution < 1.29 is 17.5 Å². The molecule has 0 amide bonds. The van der Waals surface area contributed by atoms with Crippen LogP contribution in [-0.4, -0.2) is 36.9 Å². The molecule has 9 heteroatoms. The number of piperidine rings is 1. The van der Waals surface area contributed by atoms with E-state index in [9.17, 15) is 12.8 Å². The summed E-state index contributed by atoms with van der Waals surface area (Å²) in [6, 6.07) is 10.5. The SMILES string of the molecule is O=S(=O)(c1ccc(F)cc1)N1CCC(Oc2nc3c(Cl)cccc3s2)CC1. The van der Waals surface area contributed by atoms with E-state index >= 15 is 0 Å². The molecule has 1 saturated heterocycles. The Morgan fingerprint density at radius 1 is 1.15 bits per heavy atom. The van der Waals surface area contributed by atoms with Crippen molar-refractivity contribution >= 4 is 43.2 Å². The molecule has 0 saturated carbocycles. The van der Waals surface area contributed by atoms with Gasteiger partial charge in [0.2, 0.25) is 10.0 Å². The maximum atomic E-state index is 13.0. The Hall–Kier alpha value is -1.74. The second-order valence-electron chi connectivity index (χ2n) is 6.24. The van der Waals surface area contributed by atoms with Crippen LogP contribution in [0.4, 0.5) is 4.39 Å². The van der Waals surface area contributed by atoms with E-state index in [-0.39, 0.29) is 11.0 Å². The van der Waals surface area contributed by atoms with Gasteiger partial charge in [0.25, 0.3) is 5.19 Å². The van der Waals surface area contributed by atoms with Crippen molar-refractivity contribution in [1.29, 1.82) is 0 Å². The summed E-state index contributed by atoms with van der Waals surface area (Å²) < 4.78 is 46.7. The fourth-order valence-corrected chi connectivity index (χ4v) is 5.68. The lowest BCUT2D eigenvalue weighted by molar-refractivity contribution is 0.135. The Kier molecular flexibility index (Phi) is 5.07. The Balaban J connectivity index is 1.42. The van der Waals surface area contributed by atoms with Crippen molar-refractivity contribution in [3.63, 3.8) is 0 Å². The number of benzene rings is 2. The summed E-state index contributed by atoms with van der Waals surface area (Å²) in [5, 5.41) is 1.12. The number of hydrogen-bond acceptors (Lipinski definition) is 5. The summed E-state index contributed by atoms with van der Waals surface area (Å²) in [6.45, 7) is 0.687. The summed E-state index contributed by atoms with van der Waals surface area (Å²) in [6.07, 6.45) is 1.01. The van der Waals surface area contributed by atoms with Gasteiger partial charge in [-0.2, -0.15) is 4.31 Å². The Morgan fingerprint density at radius 2 is 1.85 bits per heavy atom. The number of nitrogens with zero attached hydrogens (tertiary/aromatic N) is 2. The zero-order chi connectivity index (χ0) is 19.0. The Labute approximate surface area is 165 Å². The van der Waals surface area contributed by atoms with Gasteiger partial charge in [-0.15, -0.1) is 0 Å². The third-order valence-electron chi connectivity index (χ3n) is 4.47. The monoisotopic (exact) mass is 426 g/mol. The van der Waals surface area contributed by atoms with Gasteiger partial charge in [-0.25, -0.2) is 17.8 Å². The van der Waals surface area contributed by atoms with Gasteiger partial charge in [0.15, 0.2) is 0 Å². The Morgan fingerprint density at radius 3 is 2.52 bits per heavy atom.